The summed E-state index contributed by atoms with van der Waals surface area (Å²) in [7, 11) is 3.55. The van der Waals surface area contributed by atoms with E-state index in [1.54, 1.807) is 14.2 Å². The van der Waals surface area contributed by atoms with E-state index < -0.39 is 0 Å². The summed E-state index contributed by atoms with van der Waals surface area (Å²) in [6.45, 7) is 4.27. The van der Waals surface area contributed by atoms with E-state index in [-0.39, 0.29) is 17.6 Å². The molecule has 2 aromatic carbocycles. The molecule has 2 atom stereocenters. The van der Waals surface area contributed by atoms with Crippen molar-refractivity contribution in [2.24, 2.45) is 0 Å². The third-order valence-corrected chi connectivity index (χ3v) is 5.03. The standard InChI is InChI=1S/C19H22O2/c1-13(20-3)19(14(2)21-4)17-11-7-5-9-15(17)16-10-6-8-12-18(16)19/h5-14H,1-4H3. The maximum Gasteiger partial charge on any atom is 0.0732 e. The van der Waals surface area contributed by atoms with Gasteiger partial charge < -0.3 is 9.47 Å². The first-order valence-corrected chi connectivity index (χ1v) is 7.42. The lowest BCUT2D eigenvalue weighted by Crippen LogP contribution is -2.48. The highest BCUT2D eigenvalue weighted by atomic mass is 16.5. The van der Waals surface area contributed by atoms with E-state index in [0.29, 0.717) is 0 Å². The molecule has 110 valence electrons. The van der Waals surface area contributed by atoms with Crippen LogP contribution in [0.5, 0.6) is 0 Å². The van der Waals surface area contributed by atoms with E-state index in [4.69, 9.17) is 9.47 Å². The lowest BCUT2D eigenvalue weighted by Gasteiger charge is -2.41. The second-order valence-corrected chi connectivity index (χ2v) is 5.72. The first-order valence-electron chi connectivity index (χ1n) is 7.42. The van der Waals surface area contributed by atoms with E-state index in [1.165, 1.54) is 22.3 Å². The Bertz CT molecular complexity index is 590. The molecule has 0 N–H and O–H groups in total. The van der Waals surface area contributed by atoms with Crippen LogP contribution < -0.4 is 0 Å². The number of rotatable bonds is 4. The third kappa shape index (κ3) is 1.79. The van der Waals surface area contributed by atoms with Crippen molar-refractivity contribution < 1.29 is 9.47 Å². The van der Waals surface area contributed by atoms with Crippen molar-refractivity contribution in [1.29, 1.82) is 0 Å². The van der Waals surface area contributed by atoms with Gasteiger partial charge in [-0.3, -0.25) is 0 Å². The summed E-state index contributed by atoms with van der Waals surface area (Å²) in [5.41, 5.74) is 4.92. The van der Waals surface area contributed by atoms with Crippen molar-refractivity contribution in [2.45, 2.75) is 31.5 Å². The van der Waals surface area contributed by atoms with Crippen LogP contribution in [0, 0.1) is 0 Å². The summed E-state index contributed by atoms with van der Waals surface area (Å²) in [6.07, 6.45) is 0.0505. The molecule has 3 rings (SSSR count). The first kappa shape index (κ1) is 14.3. The van der Waals surface area contributed by atoms with Gasteiger partial charge in [0.15, 0.2) is 0 Å². The predicted molar refractivity (Wildman–Crippen MR) is 85.6 cm³/mol. The van der Waals surface area contributed by atoms with Crippen molar-refractivity contribution in [2.75, 3.05) is 14.2 Å². The summed E-state index contributed by atoms with van der Waals surface area (Å²) < 4.78 is 11.6. The Morgan fingerprint density at radius 2 is 1.10 bits per heavy atom. The summed E-state index contributed by atoms with van der Waals surface area (Å²) in [5.74, 6) is 0. The fraction of sp³-hybridized carbons (Fsp3) is 0.368. The molecule has 0 aliphatic heterocycles. The van der Waals surface area contributed by atoms with E-state index in [1.807, 2.05) is 0 Å². The minimum Gasteiger partial charge on any atom is -0.380 e. The average molecular weight is 282 g/mol. The van der Waals surface area contributed by atoms with Crippen LogP contribution in [0.25, 0.3) is 11.1 Å². The maximum absolute atomic E-state index is 5.79. The van der Waals surface area contributed by atoms with Crippen molar-refractivity contribution in [3.8, 4) is 11.1 Å². The molecule has 1 aliphatic rings. The monoisotopic (exact) mass is 282 g/mol. The maximum atomic E-state index is 5.79. The Hall–Kier alpha value is -1.64. The second kappa shape index (κ2) is 5.28. The molecular weight excluding hydrogens is 260 g/mol. The topological polar surface area (TPSA) is 18.5 Å². The van der Waals surface area contributed by atoms with Crippen molar-refractivity contribution in [3.63, 3.8) is 0 Å². The highest BCUT2D eigenvalue weighted by Gasteiger charge is 2.51. The number of ether oxygens (including phenoxy) is 2. The highest BCUT2D eigenvalue weighted by Crippen LogP contribution is 2.53. The first-order chi connectivity index (χ1) is 10.2. The third-order valence-electron chi connectivity index (χ3n) is 5.03. The molecule has 1 aliphatic carbocycles. The van der Waals surface area contributed by atoms with Gasteiger partial charge in [-0.25, -0.2) is 0 Å². The van der Waals surface area contributed by atoms with Crippen LogP contribution in [0.2, 0.25) is 0 Å². The Labute approximate surface area is 126 Å². The molecule has 0 saturated heterocycles. The smallest absolute Gasteiger partial charge is 0.0732 e. The molecule has 0 spiro atoms. The number of hydrogen-bond acceptors (Lipinski definition) is 2. The molecule has 2 nitrogen and oxygen atoms in total. The van der Waals surface area contributed by atoms with Crippen LogP contribution in [-0.2, 0) is 14.9 Å². The molecule has 0 heterocycles. The Kier molecular flexibility index (Phi) is 3.60. The van der Waals surface area contributed by atoms with Crippen LogP contribution in [-0.4, -0.2) is 26.4 Å². The Morgan fingerprint density at radius 3 is 1.48 bits per heavy atom. The highest BCUT2D eigenvalue weighted by molar-refractivity contribution is 5.81. The van der Waals surface area contributed by atoms with Crippen LogP contribution in [0.15, 0.2) is 48.5 Å². The quantitative estimate of drug-likeness (QED) is 0.843. The minimum absolute atomic E-state index is 0.0252. The summed E-state index contributed by atoms with van der Waals surface area (Å²) in [4.78, 5) is 0. The lowest BCUT2D eigenvalue weighted by molar-refractivity contribution is -0.0204. The molecule has 2 aromatic rings. The predicted octanol–water partition coefficient (Wildman–Crippen LogP) is 4.02. The van der Waals surface area contributed by atoms with Gasteiger partial charge in [-0.15, -0.1) is 0 Å². The molecular formula is C19H22O2. The lowest BCUT2D eigenvalue weighted by atomic mass is 9.70. The molecule has 0 fully saturated rings. The van der Waals surface area contributed by atoms with Crippen LogP contribution >= 0.6 is 0 Å². The van der Waals surface area contributed by atoms with Gasteiger partial charge in [-0.1, -0.05) is 48.5 Å². The molecule has 0 bridgehead atoms. The molecule has 0 aromatic heterocycles. The normalized spacial score (nSPS) is 17.9. The van der Waals surface area contributed by atoms with Gasteiger partial charge in [0.1, 0.15) is 0 Å². The molecule has 0 radical (unpaired) electrons. The zero-order valence-electron chi connectivity index (χ0n) is 13.1. The van der Waals surface area contributed by atoms with Crippen molar-refractivity contribution in [3.05, 3.63) is 59.7 Å². The van der Waals surface area contributed by atoms with Gasteiger partial charge in [0.25, 0.3) is 0 Å². The minimum atomic E-state index is -0.267. The Balaban J connectivity index is 2.38. The zero-order valence-corrected chi connectivity index (χ0v) is 13.1. The van der Waals surface area contributed by atoms with Gasteiger partial charge in [0.05, 0.1) is 17.6 Å². The van der Waals surface area contributed by atoms with Gasteiger partial charge in [0, 0.05) is 14.2 Å². The summed E-state index contributed by atoms with van der Waals surface area (Å²) >= 11 is 0. The van der Waals surface area contributed by atoms with Gasteiger partial charge >= 0.3 is 0 Å². The molecule has 2 unspecified atom stereocenters. The number of benzene rings is 2. The van der Waals surface area contributed by atoms with Crippen molar-refractivity contribution in [1.82, 2.24) is 0 Å². The molecule has 2 heteroatoms. The second-order valence-electron chi connectivity index (χ2n) is 5.72. The molecule has 0 saturated carbocycles. The fourth-order valence-electron chi connectivity index (χ4n) is 3.88. The average Bonchev–Trinajstić information content (AvgIpc) is 2.85. The van der Waals surface area contributed by atoms with E-state index in [0.717, 1.165) is 0 Å². The van der Waals surface area contributed by atoms with E-state index in [2.05, 4.69) is 62.4 Å². The van der Waals surface area contributed by atoms with Crippen LogP contribution in [0.3, 0.4) is 0 Å². The number of fused-ring (bicyclic) bond motifs is 3. The number of methoxy groups -OCH3 is 2. The van der Waals surface area contributed by atoms with Gasteiger partial charge in [-0.05, 0) is 36.1 Å². The zero-order chi connectivity index (χ0) is 15.0. The number of hydrogen-bond donors (Lipinski definition) is 0. The van der Waals surface area contributed by atoms with Crippen LogP contribution in [0.1, 0.15) is 25.0 Å². The summed E-state index contributed by atoms with van der Waals surface area (Å²) in [5, 5.41) is 0. The van der Waals surface area contributed by atoms with Gasteiger partial charge in [0.2, 0.25) is 0 Å². The van der Waals surface area contributed by atoms with Crippen molar-refractivity contribution >= 4 is 0 Å². The van der Waals surface area contributed by atoms with Crippen LogP contribution in [0.4, 0.5) is 0 Å². The fourth-order valence-corrected chi connectivity index (χ4v) is 3.88. The van der Waals surface area contributed by atoms with E-state index in [9.17, 15) is 0 Å². The van der Waals surface area contributed by atoms with E-state index >= 15 is 0 Å². The largest absolute Gasteiger partial charge is 0.380 e. The molecule has 0 amide bonds. The SMILES string of the molecule is COC(C)C1(C(C)OC)c2ccccc2-c2ccccc21. The summed E-state index contributed by atoms with van der Waals surface area (Å²) in [6, 6.07) is 17.2. The molecule has 21 heavy (non-hydrogen) atoms. The van der Waals surface area contributed by atoms with Gasteiger partial charge in [-0.2, -0.15) is 0 Å². The Morgan fingerprint density at radius 1 is 0.714 bits per heavy atom.